The fourth-order valence-electron chi connectivity index (χ4n) is 5.03. The van der Waals surface area contributed by atoms with Gasteiger partial charge in [0.15, 0.2) is 0 Å². The molecule has 0 saturated carbocycles. The molecule has 7 nitrogen and oxygen atoms in total. The molecule has 0 bridgehead atoms. The van der Waals surface area contributed by atoms with Gasteiger partial charge in [-0.2, -0.15) is 0 Å². The van der Waals surface area contributed by atoms with Gasteiger partial charge in [0, 0.05) is 11.4 Å². The second-order valence-electron chi connectivity index (χ2n) is 10.1. The van der Waals surface area contributed by atoms with Gasteiger partial charge in [0.1, 0.15) is 30.4 Å². The molecule has 0 spiro atoms. The van der Waals surface area contributed by atoms with Crippen molar-refractivity contribution in [2.45, 2.75) is 38.8 Å². The molecule has 1 aliphatic rings. The van der Waals surface area contributed by atoms with Gasteiger partial charge in [-0.3, -0.25) is 9.59 Å². The molecule has 2 amide bonds. The molecule has 1 atom stereocenters. The van der Waals surface area contributed by atoms with E-state index in [-0.39, 0.29) is 30.9 Å². The topological polar surface area (TPSA) is 72.2 Å². The number of benzene rings is 2. The lowest BCUT2D eigenvalue weighted by molar-refractivity contribution is -0.135. The second-order valence-corrected chi connectivity index (χ2v) is 11.1. The lowest BCUT2D eigenvalue weighted by Gasteiger charge is -2.37. The van der Waals surface area contributed by atoms with Crippen LogP contribution >= 0.6 is 11.3 Å². The second kappa shape index (κ2) is 12.4. The third-order valence-corrected chi connectivity index (χ3v) is 8.24. The number of thiophene rings is 1. The van der Waals surface area contributed by atoms with Crippen molar-refractivity contribution in [3.8, 4) is 11.5 Å². The van der Waals surface area contributed by atoms with Crippen LogP contribution in [-0.4, -0.2) is 48.4 Å². The minimum absolute atomic E-state index is 0.101. The van der Waals surface area contributed by atoms with Crippen molar-refractivity contribution in [1.82, 2.24) is 9.80 Å². The van der Waals surface area contributed by atoms with Gasteiger partial charge in [-0.05, 0) is 71.3 Å². The Bertz CT molecular complexity index is 1430. The van der Waals surface area contributed by atoms with E-state index in [1.807, 2.05) is 23.1 Å². The molecule has 208 valence electrons. The monoisotopic (exact) mass is 558 g/mol. The smallest absolute Gasteiger partial charge is 0.258 e. The van der Waals surface area contributed by atoms with E-state index in [2.05, 4.69) is 37.4 Å². The zero-order valence-electron chi connectivity index (χ0n) is 23.0. The molecular formula is C32H34N2O5S. The number of carbonyl (C=O) groups excluding carboxylic acids is 2. The average molecular weight is 559 g/mol. The number of ether oxygens (including phenoxy) is 2. The molecule has 40 heavy (non-hydrogen) atoms. The molecule has 0 saturated heterocycles. The Morgan fingerprint density at radius 3 is 2.60 bits per heavy atom. The molecule has 8 heteroatoms. The lowest BCUT2D eigenvalue weighted by Crippen LogP contribution is -2.47. The molecule has 0 unspecified atom stereocenters. The fourth-order valence-corrected chi connectivity index (χ4v) is 5.96. The predicted octanol–water partition coefficient (Wildman–Crippen LogP) is 6.32. The van der Waals surface area contributed by atoms with Crippen LogP contribution in [-0.2, 0) is 17.8 Å². The van der Waals surface area contributed by atoms with E-state index in [0.29, 0.717) is 36.1 Å². The zero-order valence-corrected chi connectivity index (χ0v) is 23.9. The SMILES string of the molecule is COc1ccccc1C(=O)N(CC(=O)N1CCc2sccc2[C@@H]1COc1ccc(C(C)C)cc1)Cc1ccco1. The van der Waals surface area contributed by atoms with E-state index in [0.717, 1.165) is 17.7 Å². The first kappa shape index (κ1) is 27.5. The van der Waals surface area contributed by atoms with Crippen molar-refractivity contribution in [3.05, 3.63) is 106 Å². The third-order valence-electron chi connectivity index (χ3n) is 7.25. The van der Waals surface area contributed by atoms with Crippen LogP contribution in [0.3, 0.4) is 0 Å². The third kappa shape index (κ3) is 6.07. The normalized spacial score (nSPS) is 14.6. The number of amides is 2. The maximum Gasteiger partial charge on any atom is 0.258 e. The van der Waals surface area contributed by atoms with Crippen molar-refractivity contribution in [3.63, 3.8) is 0 Å². The summed E-state index contributed by atoms with van der Waals surface area (Å²) in [5.74, 6) is 1.82. The van der Waals surface area contributed by atoms with E-state index < -0.39 is 0 Å². The van der Waals surface area contributed by atoms with E-state index >= 15 is 0 Å². The van der Waals surface area contributed by atoms with Crippen LogP contribution in [0.5, 0.6) is 11.5 Å². The van der Waals surface area contributed by atoms with Crippen LogP contribution < -0.4 is 9.47 Å². The summed E-state index contributed by atoms with van der Waals surface area (Å²) < 4.78 is 17.2. The van der Waals surface area contributed by atoms with Gasteiger partial charge in [-0.15, -0.1) is 11.3 Å². The number of carbonyl (C=O) groups is 2. The number of nitrogens with zero attached hydrogens (tertiary/aromatic N) is 2. The highest BCUT2D eigenvalue weighted by Gasteiger charge is 2.34. The number of rotatable bonds is 10. The summed E-state index contributed by atoms with van der Waals surface area (Å²) in [7, 11) is 1.53. The van der Waals surface area contributed by atoms with Crippen molar-refractivity contribution in [2.75, 3.05) is 26.8 Å². The van der Waals surface area contributed by atoms with Crippen molar-refractivity contribution < 1.29 is 23.5 Å². The minimum atomic E-state index is -0.298. The molecule has 1 aliphatic heterocycles. The molecule has 0 aliphatic carbocycles. The Kier molecular flexibility index (Phi) is 8.55. The van der Waals surface area contributed by atoms with E-state index in [4.69, 9.17) is 13.9 Å². The van der Waals surface area contributed by atoms with Gasteiger partial charge in [0.2, 0.25) is 5.91 Å². The van der Waals surface area contributed by atoms with Gasteiger partial charge < -0.3 is 23.7 Å². The first-order valence-corrected chi connectivity index (χ1v) is 14.4. The van der Waals surface area contributed by atoms with Crippen LogP contribution in [0.4, 0.5) is 0 Å². The molecule has 2 aromatic carbocycles. The molecule has 4 aromatic rings. The van der Waals surface area contributed by atoms with Gasteiger partial charge in [0.25, 0.3) is 5.91 Å². The Morgan fingerprint density at radius 1 is 1.07 bits per heavy atom. The zero-order chi connectivity index (χ0) is 28.1. The Morgan fingerprint density at radius 2 is 1.88 bits per heavy atom. The Hall–Kier alpha value is -4.04. The summed E-state index contributed by atoms with van der Waals surface area (Å²) in [6.07, 6.45) is 2.34. The van der Waals surface area contributed by atoms with Crippen LogP contribution in [0.1, 0.15) is 57.9 Å². The number of furan rings is 1. The number of para-hydroxylation sites is 1. The van der Waals surface area contributed by atoms with Crippen molar-refractivity contribution in [1.29, 1.82) is 0 Å². The van der Waals surface area contributed by atoms with Gasteiger partial charge in [0.05, 0.1) is 31.5 Å². The van der Waals surface area contributed by atoms with Crippen molar-refractivity contribution >= 4 is 23.2 Å². The average Bonchev–Trinajstić information content (AvgIpc) is 3.67. The molecule has 0 fully saturated rings. The summed E-state index contributed by atoms with van der Waals surface area (Å²) in [5.41, 5.74) is 2.75. The first-order chi connectivity index (χ1) is 19.4. The van der Waals surface area contributed by atoms with E-state index in [1.54, 1.807) is 47.9 Å². The molecule has 0 N–H and O–H groups in total. The molecule has 5 rings (SSSR count). The fraction of sp³-hybridized carbons (Fsp3) is 0.312. The maximum absolute atomic E-state index is 13.9. The standard InChI is InChI=1S/C32H34N2O5S/c1-22(2)23-10-12-24(13-11-23)39-21-28-26-15-18-40-30(26)14-16-34(28)31(35)20-33(19-25-7-6-17-38-25)32(36)27-8-4-5-9-29(27)37-3/h4-13,15,17-18,22,28H,14,16,19-21H2,1-3H3/t28-/m0/s1. The highest BCUT2D eigenvalue weighted by atomic mass is 32.1. The quantitative estimate of drug-likeness (QED) is 0.228. The summed E-state index contributed by atoms with van der Waals surface area (Å²) in [6, 6.07) is 20.6. The highest BCUT2D eigenvalue weighted by molar-refractivity contribution is 7.10. The summed E-state index contributed by atoms with van der Waals surface area (Å²) in [6.45, 7) is 5.27. The molecule has 2 aromatic heterocycles. The Labute approximate surface area is 238 Å². The highest BCUT2D eigenvalue weighted by Crippen LogP contribution is 2.34. The predicted molar refractivity (Wildman–Crippen MR) is 155 cm³/mol. The van der Waals surface area contributed by atoms with Gasteiger partial charge in [-0.25, -0.2) is 0 Å². The minimum Gasteiger partial charge on any atom is -0.496 e. The summed E-state index contributed by atoms with van der Waals surface area (Å²) in [4.78, 5) is 32.3. The molecule has 0 radical (unpaired) electrons. The van der Waals surface area contributed by atoms with Crippen LogP contribution in [0.2, 0.25) is 0 Å². The maximum atomic E-state index is 13.9. The van der Waals surface area contributed by atoms with Crippen molar-refractivity contribution in [2.24, 2.45) is 0 Å². The number of fused-ring (bicyclic) bond motifs is 1. The van der Waals surface area contributed by atoms with E-state index in [9.17, 15) is 9.59 Å². The lowest BCUT2D eigenvalue weighted by atomic mass is 10.00. The van der Waals surface area contributed by atoms with E-state index in [1.165, 1.54) is 22.5 Å². The first-order valence-electron chi connectivity index (χ1n) is 13.5. The van der Waals surface area contributed by atoms with Gasteiger partial charge in [-0.1, -0.05) is 38.1 Å². The van der Waals surface area contributed by atoms with Gasteiger partial charge >= 0.3 is 0 Å². The van der Waals surface area contributed by atoms with Crippen LogP contribution in [0.25, 0.3) is 0 Å². The summed E-state index contributed by atoms with van der Waals surface area (Å²) >= 11 is 1.71. The number of methoxy groups -OCH3 is 1. The largest absolute Gasteiger partial charge is 0.496 e. The summed E-state index contributed by atoms with van der Waals surface area (Å²) in [5, 5.41) is 2.07. The van der Waals surface area contributed by atoms with Crippen LogP contribution in [0, 0.1) is 0 Å². The number of hydrogen-bond donors (Lipinski definition) is 0. The van der Waals surface area contributed by atoms with Crippen LogP contribution in [0.15, 0.2) is 82.8 Å². The molecular weight excluding hydrogens is 524 g/mol. The molecule has 3 heterocycles. The number of hydrogen-bond acceptors (Lipinski definition) is 6. The Balaban J connectivity index is 1.37.